The summed E-state index contributed by atoms with van der Waals surface area (Å²) in [6, 6.07) is 14.9. The van der Waals surface area contributed by atoms with Crippen molar-refractivity contribution in [1.82, 2.24) is 9.80 Å². The molecule has 0 saturated carbocycles. The highest BCUT2D eigenvalue weighted by molar-refractivity contribution is 6.33. The third-order valence-electron chi connectivity index (χ3n) is 7.97. The summed E-state index contributed by atoms with van der Waals surface area (Å²) in [4.78, 5) is 31.1. The molecule has 7 nitrogen and oxygen atoms in total. The lowest BCUT2D eigenvalue weighted by molar-refractivity contribution is 0.0612. The first-order valence-corrected chi connectivity index (χ1v) is 14.0. The number of halogens is 2. The van der Waals surface area contributed by atoms with E-state index in [2.05, 4.69) is 39.1 Å². The number of piperazine rings is 1. The van der Waals surface area contributed by atoms with Crippen LogP contribution in [0.25, 0.3) is 0 Å². The SMILES string of the molecule is CC[C@H]1CN(c2ccc(Nc3c(OC)c(=O)c3=O)cc2Cl)CCN1C1CCN(Cc2ccc(Cl)cc2)CC1. The molecule has 2 fully saturated rings. The number of anilines is 3. The van der Waals surface area contributed by atoms with Crippen molar-refractivity contribution in [3.63, 3.8) is 0 Å². The maximum atomic E-state index is 11.9. The van der Waals surface area contributed by atoms with E-state index in [1.807, 2.05) is 24.3 Å². The van der Waals surface area contributed by atoms with E-state index in [1.165, 1.54) is 25.5 Å². The molecule has 38 heavy (non-hydrogen) atoms. The molecule has 0 aromatic heterocycles. The Kier molecular flexibility index (Phi) is 8.29. The van der Waals surface area contributed by atoms with Crippen LogP contribution in [0.4, 0.5) is 17.1 Å². The van der Waals surface area contributed by atoms with Gasteiger partial charge >= 0.3 is 0 Å². The molecular formula is C29H34Cl2N4O3. The van der Waals surface area contributed by atoms with Crippen LogP contribution < -0.4 is 25.8 Å². The van der Waals surface area contributed by atoms with Crippen molar-refractivity contribution in [3.05, 3.63) is 78.5 Å². The normalized spacial score (nSPS) is 19.7. The molecule has 1 N–H and O–H groups in total. The Morgan fingerprint density at radius 2 is 1.71 bits per heavy atom. The molecule has 3 aromatic rings. The van der Waals surface area contributed by atoms with Gasteiger partial charge in [0, 0.05) is 49.0 Å². The smallest absolute Gasteiger partial charge is 0.272 e. The topological polar surface area (TPSA) is 65.1 Å². The van der Waals surface area contributed by atoms with E-state index >= 15 is 0 Å². The predicted octanol–water partition coefficient (Wildman–Crippen LogP) is 4.91. The summed E-state index contributed by atoms with van der Waals surface area (Å²) in [7, 11) is 1.38. The largest absolute Gasteiger partial charge is 0.491 e. The van der Waals surface area contributed by atoms with E-state index in [0.29, 0.717) is 22.8 Å². The molecule has 0 bridgehead atoms. The third-order valence-corrected chi connectivity index (χ3v) is 8.53. The Labute approximate surface area is 233 Å². The van der Waals surface area contributed by atoms with Crippen LogP contribution in [-0.2, 0) is 6.54 Å². The van der Waals surface area contributed by atoms with Gasteiger partial charge in [-0.1, -0.05) is 42.3 Å². The zero-order valence-corrected chi connectivity index (χ0v) is 23.4. The molecule has 2 aliphatic rings. The Bertz CT molecular complexity index is 1330. The summed E-state index contributed by atoms with van der Waals surface area (Å²) < 4.78 is 5.02. The Hall–Kier alpha value is -2.58. The average Bonchev–Trinajstić information content (AvgIpc) is 2.94. The number of hydrogen-bond donors (Lipinski definition) is 1. The number of methoxy groups -OCH3 is 1. The van der Waals surface area contributed by atoms with Crippen molar-refractivity contribution in [1.29, 1.82) is 0 Å². The van der Waals surface area contributed by atoms with E-state index in [0.717, 1.165) is 56.4 Å². The first-order valence-electron chi connectivity index (χ1n) is 13.3. The Morgan fingerprint density at radius 1 is 0.974 bits per heavy atom. The fraction of sp³-hybridized carbons (Fsp3) is 0.448. The second-order valence-corrected chi connectivity index (χ2v) is 11.1. The minimum absolute atomic E-state index is 0.0629. The van der Waals surface area contributed by atoms with Gasteiger partial charge in [-0.25, -0.2) is 0 Å². The molecule has 0 radical (unpaired) electrons. The van der Waals surface area contributed by atoms with E-state index < -0.39 is 10.9 Å². The first-order chi connectivity index (χ1) is 18.4. The van der Waals surface area contributed by atoms with Gasteiger partial charge in [0.15, 0.2) is 5.75 Å². The molecule has 0 amide bonds. The third kappa shape index (κ3) is 5.57. The molecule has 9 heteroatoms. The number of rotatable bonds is 8. The van der Waals surface area contributed by atoms with Crippen LogP contribution in [0.15, 0.2) is 52.1 Å². The number of nitrogens with zero attached hydrogens (tertiary/aromatic N) is 3. The van der Waals surface area contributed by atoms with Gasteiger partial charge in [-0.05, 0) is 68.2 Å². The summed E-state index contributed by atoms with van der Waals surface area (Å²) in [5, 5.41) is 4.39. The molecular weight excluding hydrogens is 523 g/mol. The van der Waals surface area contributed by atoms with Crippen LogP contribution in [0.5, 0.6) is 5.75 Å². The maximum Gasteiger partial charge on any atom is 0.272 e. The number of likely N-dealkylation sites (tertiary alicyclic amines) is 1. The lowest BCUT2D eigenvalue weighted by atomic mass is 9.97. The van der Waals surface area contributed by atoms with Crippen molar-refractivity contribution >= 4 is 40.3 Å². The van der Waals surface area contributed by atoms with Crippen LogP contribution in [0.2, 0.25) is 10.0 Å². The predicted molar refractivity (Wildman–Crippen MR) is 155 cm³/mol. The highest BCUT2D eigenvalue weighted by Gasteiger charge is 2.33. The van der Waals surface area contributed by atoms with E-state index in [1.54, 1.807) is 6.07 Å². The summed E-state index contributed by atoms with van der Waals surface area (Å²) >= 11 is 12.7. The average molecular weight is 558 g/mol. The van der Waals surface area contributed by atoms with Crippen LogP contribution >= 0.6 is 23.2 Å². The van der Waals surface area contributed by atoms with Gasteiger partial charge in [-0.15, -0.1) is 0 Å². The van der Waals surface area contributed by atoms with Gasteiger partial charge in [0.2, 0.25) is 0 Å². The number of ether oxygens (including phenoxy) is 1. The molecule has 3 aromatic carbocycles. The molecule has 0 spiro atoms. The monoisotopic (exact) mass is 556 g/mol. The zero-order chi connectivity index (χ0) is 26.8. The number of hydrogen-bond acceptors (Lipinski definition) is 7. The van der Waals surface area contributed by atoms with E-state index in [4.69, 9.17) is 27.9 Å². The number of nitrogens with one attached hydrogen (secondary N) is 1. The van der Waals surface area contributed by atoms with Crippen molar-refractivity contribution < 1.29 is 4.74 Å². The van der Waals surface area contributed by atoms with E-state index in [9.17, 15) is 9.59 Å². The molecule has 1 atom stereocenters. The van der Waals surface area contributed by atoms with Crippen molar-refractivity contribution in [2.75, 3.05) is 50.1 Å². The molecule has 2 heterocycles. The van der Waals surface area contributed by atoms with Crippen LogP contribution in [0.1, 0.15) is 31.7 Å². The standard InChI is InChI=1S/C29H34Cl2N4O3/c1-3-22-18-34(25-9-8-21(16-24(25)31)32-26-27(36)28(37)29(26)38-2)14-15-35(22)23-10-12-33(13-11-23)17-19-4-6-20(30)7-5-19/h4-9,16,22-23,32H,3,10-15,17-18H2,1-2H3/t22-/m0/s1. The highest BCUT2D eigenvalue weighted by atomic mass is 35.5. The van der Waals surface area contributed by atoms with Crippen molar-refractivity contribution in [2.45, 2.75) is 44.8 Å². The lowest BCUT2D eigenvalue weighted by Gasteiger charge is -2.48. The second kappa shape index (κ2) is 11.7. The molecule has 2 saturated heterocycles. The summed E-state index contributed by atoms with van der Waals surface area (Å²) in [6.07, 6.45) is 3.46. The minimum atomic E-state index is -0.603. The molecule has 5 rings (SSSR count). The number of piperidine rings is 1. The van der Waals surface area contributed by atoms with Crippen LogP contribution in [0, 0.1) is 0 Å². The first kappa shape index (κ1) is 27.0. The van der Waals surface area contributed by atoms with Gasteiger partial charge in [0.05, 0.1) is 17.8 Å². The molecule has 0 unspecified atom stereocenters. The van der Waals surface area contributed by atoms with E-state index in [-0.39, 0.29) is 11.4 Å². The van der Waals surface area contributed by atoms with Crippen LogP contribution in [0.3, 0.4) is 0 Å². The summed E-state index contributed by atoms with van der Waals surface area (Å²) in [5.41, 5.74) is 1.97. The molecule has 202 valence electrons. The minimum Gasteiger partial charge on any atom is -0.491 e. The Morgan fingerprint density at radius 3 is 2.37 bits per heavy atom. The fourth-order valence-corrected chi connectivity index (χ4v) is 6.28. The second-order valence-electron chi connectivity index (χ2n) is 10.2. The summed E-state index contributed by atoms with van der Waals surface area (Å²) in [6.45, 7) is 8.33. The highest BCUT2D eigenvalue weighted by Crippen LogP contribution is 2.34. The zero-order valence-electron chi connectivity index (χ0n) is 21.9. The lowest BCUT2D eigenvalue weighted by Crippen LogP contribution is -2.58. The number of benzene rings is 2. The fourth-order valence-electron chi connectivity index (χ4n) is 5.85. The Balaban J connectivity index is 1.18. The summed E-state index contributed by atoms with van der Waals surface area (Å²) in [5.74, 6) is 0.0629. The quantitative estimate of drug-likeness (QED) is 0.395. The van der Waals surface area contributed by atoms with Gasteiger partial charge in [-0.2, -0.15) is 0 Å². The maximum absolute atomic E-state index is 11.9. The molecule has 0 aliphatic carbocycles. The van der Waals surface area contributed by atoms with Gasteiger partial charge in [0.1, 0.15) is 5.69 Å². The molecule has 2 aliphatic heterocycles. The van der Waals surface area contributed by atoms with Crippen molar-refractivity contribution in [3.8, 4) is 5.75 Å². The van der Waals surface area contributed by atoms with Gasteiger partial charge in [0.25, 0.3) is 10.9 Å². The van der Waals surface area contributed by atoms with Crippen LogP contribution in [-0.4, -0.2) is 61.7 Å². The van der Waals surface area contributed by atoms with Crippen molar-refractivity contribution in [2.24, 2.45) is 0 Å². The van der Waals surface area contributed by atoms with Gasteiger partial charge < -0.3 is 15.0 Å². The van der Waals surface area contributed by atoms with Gasteiger partial charge in [-0.3, -0.25) is 19.4 Å².